The minimum Gasteiger partial charge on any atom is -0.396 e. The molecule has 2 heterocycles. The molecular formula is C20H48N2O10S4. The first-order valence-electron chi connectivity index (χ1n) is 11.5. The molecule has 4 unspecified atom stereocenters. The van der Waals surface area contributed by atoms with E-state index >= 15 is 0 Å². The quantitative estimate of drug-likeness (QED) is 0.0668. The largest absolute Gasteiger partial charge is 0.396 e. The number of hydrogen-bond donors (Lipinski definition) is 7. The molecule has 0 spiro atoms. The third-order valence-corrected chi connectivity index (χ3v) is 8.79. The highest BCUT2D eigenvalue weighted by atomic mass is 32.2. The standard InChI is InChI=1S/C5H12N2O2S.C5H12O4S.C5H12O2S.C3H6O.C2H6OS/c1-5-4-10(8,9)3-2-7(5)6;1-5(7)4-10(8,9)3-2-6;1-5(7)4-8-3-2-6;1-3-2-4-3;3-1-2-4/h5H,2-4,6H2,1H3;5-7H,2-4H2,1H3;5-7H,2-4H2,1H3;3H,2H2,1H3;3-4H,1-2H2. The number of nitrogens with zero attached hydrogens (tertiary/aromatic N) is 1. The van der Waals surface area contributed by atoms with Crippen molar-refractivity contribution in [2.75, 3.05) is 73.2 Å². The van der Waals surface area contributed by atoms with E-state index in [4.69, 9.17) is 36.1 Å². The Morgan fingerprint density at radius 1 is 1.11 bits per heavy atom. The summed E-state index contributed by atoms with van der Waals surface area (Å²) < 4.78 is 48.0. The Morgan fingerprint density at radius 3 is 1.89 bits per heavy atom. The number of thiol groups is 1. The minimum atomic E-state index is -3.23. The van der Waals surface area contributed by atoms with Crippen LogP contribution in [-0.2, 0) is 24.4 Å². The van der Waals surface area contributed by atoms with Gasteiger partial charge in [0.2, 0.25) is 0 Å². The molecule has 4 atom stereocenters. The van der Waals surface area contributed by atoms with Crippen molar-refractivity contribution in [2.45, 2.75) is 52.0 Å². The molecule has 0 aromatic heterocycles. The zero-order valence-corrected chi connectivity index (χ0v) is 25.1. The minimum absolute atomic E-state index is 0.0289. The third-order valence-electron chi connectivity index (χ3n) is 3.81. The number of hydrogen-bond acceptors (Lipinski definition) is 14. The number of nitrogens with two attached hydrogens (primary N) is 1. The molecular weight excluding hydrogens is 556 g/mol. The van der Waals surface area contributed by atoms with Crippen LogP contribution in [0, 0.1) is 0 Å². The Morgan fingerprint density at radius 2 is 1.61 bits per heavy atom. The number of aliphatic hydroxyl groups excluding tert-OH is 5. The SMILES string of the molecule is CC(O)CS(=O)(=O)CCO.CC(O)CSCCO.CC1CO1.CC1CS(=O)(=O)CCN1N.OCCS. The topological polar surface area (TPSA) is 211 Å². The number of sulfone groups is 2. The smallest absolute Gasteiger partial charge is 0.155 e. The Hall–Kier alpha value is 0.280. The zero-order chi connectivity index (χ0) is 28.8. The number of aliphatic hydroxyl groups is 5. The van der Waals surface area contributed by atoms with Crippen LogP contribution in [0.5, 0.6) is 0 Å². The van der Waals surface area contributed by atoms with Crippen molar-refractivity contribution in [3.63, 3.8) is 0 Å². The van der Waals surface area contributed by atoms with E-state index in [1.54, 1.807) is 23.7 Å². The molecule has 2 saturated heterocycles. The van der Waals surface area contributed by atoms with Gasteiger partial charge in [0.05, 0.1) is 67.8 Å². The molecule has 0 radical (unpaired) electrons. The molecule has 0 bridgehead atoms. The molecule has 0 aliphatic carbocycles. The Balaban J connectivity index is -0.000000396. The van der Waals surface area contributed by atoms with Crippen LogP contribution < -0.4 is 5.84 Å². The first-order valence-corrected chi connectivity index (χ1v) is 16.9. The van der Waals surface area contributed by atoms with Crippen molar-refractivity contribution in [3.05, 3.63) is 0 Å². The highest BCUT2D eigenvalue weighted by Crippen LogP contribution is 2.06. The molecule has 36 heavy (non-hydrogen) atoms. The van der Waals surface area contributed by atoms with Gasteiger partial charge < -0.3 is 30.3 Å². The highest BCUT2D eigenvalue weighted by Gasteiger charge is 2.25. The van der Waals surface area contributed by atoms with Crippen LogP contribution in [0.15, 0.2) is 0 Å². The summed E-state index contributed by atoms with van der Waals surface area (Å²) in [6.45, 7) is 8.47. The van der Waals surface area contributed by atoms with Crippen LogP contribution in [-0.4, -0.2) is 145 Å². The van der Waals surface area contributed by atoms with Gasteiger partial charge in [0.15, 0.2) is 19.7 Å². The number of thioether (sulfide) groups is 1. The molecule has 2 aliphatic heterocycles. The molecule has 7 N–H and O–H groups in total. The summed E-state index contributed by atoms with van der Waals surface area (Å²) in [6, 6.07) is -0.0289. The van der Waals surface area contributed by atoms with Crippen molar-refractivity contribution in [1.29, 1.82) is 0 Å². The predicted octanol–water partition coefficient (Wildman–Crippen LogP) is -1.84. The van der Waals surface area contributed by atoms with Gasteiger partial charge in [-0.05, 0) is 27.7 Å². The second-order valence-corrected chi connectivity index (χ2v) is 14.2. The fraction of sp³-hybridized carbons (Fsp3) is 1.00. The van der Waals surface area contributed by atoms with E-state index in [9.17, 15) is 16.8 Å². The second-order valence-electron chi connectivity index (χ2n) is 8.13. The molecule has 0 aromatic carbocycles. The zero-order valence-electron chi connectivity index (χ0n) is 21.8. The molecule has 0 aromatic rings. The van der Waals surface area contributed by atoms with Gasteiger partial charge in [-0.15, -0.1) is 0 Å². The lowest BCUT2D eigenvalue weighted by Gasteiger charge is -2.28. The Labute approximate surface area is 226 Å². The summed E-state index contributed by atoms with van der Waals surface area (Å²) in [6.07, 6.45) is -0.511. The lowest BCUT2D eigenvalue weighted by Crippen LogP contribution is -2.50. The summed E-state index contributed by atoms with van der Waals surface area (Å²) in [5, 5.41) is 43.2. The van der Waals surface area contributed by atoms with E-state index in [1.807, 2.05) is 6.92 Å². The maximum absolute atomic E-state index is 10.9. The lowest BCUT2D eigenvalue weighted by molar-refractivity contribution is 0.217. The first-order chi connectivity index (χ1) is 16.6. The molecule has 0 saturated carbocycles. The van der Waals surface area contributed by atoms with E-state index in [-0.39, 0.29) is 55.0 Å². The Bertz CT molecular complexity index is 689. The number of rotatable bonds is 9. The molecule has 0 amide bonds. The van der Waals surface area contributed by atoms with Crippen molar-refractivity contribution >= 4 is 44.1 Å². The van der Waals surface area contributed by atoms with Gasteiger partial charge in [-0.25, -0.2) is 21.8 Å². The van der Waals surface area contributed by atoms with E-state index in [0.717, 1.165) is 18.1 Å². The molecule has 222 valence electrons. The van der Waals surface area contributed by atoms with Gasteiger partial charge in [-0.3, -0.25) is 5.84 Å². The third kappa shape index (κ3) is 34.3. The van der Waals surface area contributed by atoms with Gasteiger partial charge in [0, 0.05) is 29.8 Å². The average molecular weight is 605 g/mol. The summed E-state index contributed by atoms with van der Waals surface area (Å²) in [5.41, 5.74) is 0. The van der Waals surface area contributed by atoms with Crippen molar-refractivity contribution < 1.29 is 47.1 Å². The number of ether oxygens (including phenoxy) is 1. The van der Waals surface area contributed by atoms with Crippen molar-refractivity contribution in [1.82, 2.24) is 5.01 Å². The number of hydrazine groups is 1. The fourth-order valence-electron chi connectivity index (χ4n) is 2.02. The van der Waals surface area contributed by atoms with Gasteiger partial charge in [0.25, 0.3) is 0 Å². The maximum atomic E-state index is 10.9. The van der Waals surface area contributed by atoms with Crippen LogP contribution in [0.1, 0.15) is 27.7 Å². The van der Waals surface area contributed by atoms with Gasteiger partial charge in [0.1, 0.15) is 0 Å². The monoisotopic (exact) mass is 604 g/mol. The fourth-order valence-corrected chi connectivity index (χ4v) is 5.41. The van der Waals surface area contributed by atoms with Crippen LogP contribution in [0.2, 0.25) is 0 Å². The number of epoxide rings is 1. The highest BCUT2D eigenvalue weighted by molar-refractivity contribution is 7.99. The molecule has 16 heteroatoms. The maximum Gasteiger partial charge on any atom is 0.155 e. The van der Waals surface area contributed by atoms with Crippen LogP contribution >= 0.6 is 24.4 Å². The normalized spacial score (nSPS) is 22.0. The van der Waals surface area contributed by atoms with E-state index in [2.05, 4.69) is 19.6 Å². The summed E-state index contributed by atoms with van der Waals surface area (Å²) in [5.74, 6) is 7.35. The van der Waals surface area contributed by atoms with Gasteiger partial charge in [-0.2, -0.15) is 24.4 Å². The van der Waals surface area contributed by atoms with Crippen LogP contribution in [0.3, 0.4) is 0 Å². The molecule has 2 aliphatic rings. The van der Waals surface area contributed by atoms with Crippen LogP contribution in [0.4, 0.5) is 0 Å². The van der Waals surface area contributed by atoms with Crippen molar-refractivity contribution in [3.8, 4) is 0 Å². The molecule has 12 nitrogen and oxygen atoms in total. The second kappa shape index (κ2) is 24.3. The predicted molar refractivity (Wildman–Crippen MR) is 149 cm³/mol. The van der Waals surface area contributed by atoms with Gasteiger partial charge in [-0.1, -0.05) is 0 Å². The Kier molecular flexibility index (Phi) is 27.6. The lowest BCUT2D eigenvalue weighted by atomic mass is 10.4. The summed E-state index contributed by atoms with van der Waals surface area (Å²) in [7, 11) is -6.02. The molecule has 2 fully saturated rings. The first kappa shape index (κ1) is 40.8. The van der Waals surface area contributed by atoms with E-state index in [0.29, 0.717) is 18.4 Å². The van der Waals surface area contributed by atoms with Crippen molar-refractivity contribution in [2.24, 2.45) is 5.84 Å². The van der Waals surface area contributed by atoms with E-state index in [1.165, 1.54) is 6.92 Å². The van der Waals surface area contributed by atoms with Crippen LogP contribution in [0.25, 0.3) is 0 Å². The average Bonchev–Trinajstić information content (AvgIpc) is 3.53. The summed E-state index contributed by atoms with van der Waals surface area (Å²) in [4.78, 5) is 0. The molecule has 2 rings (SSSR count). The summed E-state index contributed by atoms with van der Waals surface area (Å²) >= 11 is 5.23. The van der Waals surface area contributed by atoms with Gasteiger partial charge >= 0.3 is 0 Å². The van der Waals surface area contributed by atoms with E-state index < -0.39 is 25.8 Å².